The van der Waals surface area contributed by atoms with Crippen LogP contribution >= 0.6 is 0 Å². The molecule has 3 N–H and O–H groups in total. The maximum Gasteiger partial charge on any atom is 0.146 e. The van der Waals surface area contributed by atoms with Crippen molar-refractivity contribution in [3.63, 3.8) is 0 Å². The molecule has 1 unspecified atom stereocenters. The van der Waals surface area contributed by atoms with Gasteiger partial charge in [-0.05, 0) is 44.4 Å². The van der Waals surface area contributed by atoms with Crippen LogP contribution in [0, 0.1) is 5.82 Å². The first-order valence-corrected chi connectivity index (χ1v) is 6.41. The van der Waals surface area contributed by atoms with Crippen LogP contribution in [0.25, 0.3) is 0 Å². The fourth-order valence-electron chi connectivity index (χ4n) is 2.49. The van der Waals surface area contributed by atoms with E-state index in [1.807, 2.05) is 17.9 Å². The average Bonchev–Trinajstić information content (AvgIpc) is 2.27. The second-order valence-electron chi connectivity index (χ2n) is 5.52. The highest BCUT2D eigenvalue weighted by atomic mass is 19.1. The molecule has 0 spiro atoms. The van der Waals surface area contributed by atoms with Gasteiger partial charge < -0.3 is 15.7 Å². The average molecular weight is 252 g/mol. The van der Waals surface area contributed by atoms with Crippen molar-refractivity contribution < 1.29 is 9.50 Å². The van der Waals surface area contributed by atoms with E-state index >= 15 is 0 Å². The zero-order chi connectivity index (χ0) is 13.3. The summed E-state index contributed by atoms with van der Waals surface area (Å²) in [5.41, 5.74) is 6.35. The first kappa shape index (κ1) is 13.3. The maximum atomic E-state index is 14.1. The molecule has 1 aromatic rings. The predicted octanol–water partition coefficient (Wildman–Crippen LogP) is 2.20. The molecule has 0 bridgehead atoms. The Hall–Kier alpha value is -1.13. The number of piperidine rings is 1. The van der Waals surface area contributed by atoms with E-state index in [0.717, 1.165) is 24.9 Å². The lowest BCUT2D eigenvalue weighted by Gasteiger charge is -2.38. The number of anilines is 1. The minimum atomic E-state index is -0.732. The number of hydrogen-bond acceptors (Lipinski definition) is 3. The standard InChI is InChI=1S/C14H21FN2O/c1-10(16)11-4-5-13(12(15)8-11)17-7-3-6-14(2,18)9-17/h4-5,8,10,18H,3,6-7,9,16H2,1-2H3/t10-,14?/m0/s1. The Morgan fingerprint density at radius 3 is 2.78 bits per heavy atom. The smallest absolute Gasteiger partial charge is 0.146 e. The minimum absolute atomic E-state index is 0.169. The summed E-state index contributed by atoms with van der Waals surface area (Å²) in [6, 6.07) is 4.93. The lowest BCUT2D eigenvalue weighted by Crippen LogP contribution is -2.46. The third kappa shape index (κ3) is 2.82. The second kappa shape index (κ2) is 4.86. The third-order valence-corrected chi connectivity index (χ3v) is 3.51. The Balaban J connectivity index is 2.23. The zero-order valence-corrected chi connectivity index (χ0v) is 11.0. The molecule has 0 aromatic heterocycles. The van der Waals surface area contributed by atoms with Gasteiger partial charge in [-0.1, -0.05) is 6.07 Å². The molecule has 100 valence electrons. The van der Waals surface area contributed by atoms with Gasteiger partial charge >= 0.3 is 0 Å². The molecule has 1 aromatic carbocycles. The summed E-state index contributed by atoms with van der Waals surface area (Å²) in [6.45, 7) is 4.89. The molecule has 0 aliphatic carbocycles. The predicted molar refractivity (Wildman–Crippen MR) is 71.1 cm³/mol. The van der Waals surface area contributed by atoms with Crippen LogP contribution in [0.2, 0.25) is 0 Å². The van der Waals surface area contributed by atoms with Crippen molar-refractivity contribution in [2.24, 2.45) is 5.73 Å². The number of benzene rings is 1. The number of aliphatic hydroxyl groups is 1. The number of nitrogens with two attached hydrogens (primary N) is 1. The molecule has 0 radical (unpaired) electrons. The Kier molecular flexibility index (Phi) is 3.59. The Morgan fingerprint density at radius 1 is 1.50 bits per heavy atom. The van der Waals surface area contributed by atoms with E-state index in [2.05, 4.69) is 0 Å². The van der Waals surface area contributed by atoms with Crippen LogP contribution in [-0.2, 0) is 0 Å². The third-order valence-electron chi connectivity index (χ3n) is 3.51. The normalized spacial score (nSPS) is 26.2. The second-order valence-corrected chi connectivity index (χ2v) is 5.52. The molecule has 2 rings (SSSR count). The van der Waals surface area contributed by atoms with E-state index in [1.165, 1.54) is 6.07 Å². The highest BCUT2D eigenvalue weighted by Gasteiger charge is 2.29. The molecule has 0 saturated carbocycles. The van der Waals surface area contributed by atoms with Crippen LogP contribution in [-0.4, -0.2) is 23.8 Å². The highest BCUT2D eigenvalue weighted by Crippen LogP contribution is 2.28. The highest BCUT2D eigenvalue weighted by molar-refractivity contribution is 5.50. The lowest BCUT2D eigenvalue weighted by molar-refractivity contribution is 0.0447. The lowest BCUT2D eigenvalue weighted by atomic mass is 9.94. The van der Waals surface area contributed by atoms with E-state index in [9.17, 15) is 9.50 Å². The van der Waals surface area contributed by atoms with Crippen molar-refractivity contribution >= 4 is 5.69 Å². The van der Waals surface area contributed by atoms with Crippen molar-refractivity contribution in [1.82, 2.24) is 0 Å². The molecule has 2 atom stereocenters. The summed E-state index contributed by atoms with van der Waals surface area (Å²) >= 11 is 0. The Bertz CT molecular complexity index is 432. The molecule has 1 fully saturated rings. The summed E-state index contributed by atoms with van der Waals surface area (Å²) in [7, 11) is 0. The van der Waals surface area contributed by atoms with Crippen LogP contribution < -0.4 is 10.6 Å². The van der Waals surface area contributed by atoms with Gasteiger partial charge in [0.25, 0.3) is 0 Å². The van der Waals surface area contributed by atoms with Crippen molar-refractivity contribution in [3.05, 3.63) is 29.6 Å². The fourth-order valence-corrected chi connectivity index (χ4v) is 2.49. The van der Waals surface area contributed by atoms with Gasteiger partial charge in [0.15, 0.2) is 0 Å². The van der Waals surface area contributed by atoms with Crippen LogP contribution in [0.15, 0.2) is 18.2 Å². The van der Waals surface area contributed by atoms with E-state index in [-0.39, 0.29) is 11.9 Å². The van der Waals surface area contributed by atoms with Crippen molar-refractivity contribution in [3.8, 4) is 0 Å². The number of halogens is 1. The molecule has 18 heavy (non-hydrogen) atoms. The number of hydrogen-bond donors (Lipinski definition) is 2. The maximum absolute atomic E-state index is 14.1. The molecule has 0 amide bonds. The fraction of sp³-hybridized carbons (Fsp3) is 0.571. The summed E-state index contributed by atoms with van der Waals surface area (Å²) in [5.74, 6) is -0.262. The van der Waals surface area contributed by atoms with Crippen LogP contribution in [0.5, 0.6) is 0 Å². The summed E-state index contributed by atoms with van der Waals surface area (Å²) < 4.78 is 14.1. The minimum Gasteiger partial charge on any atom is -0.388 e. The molecule has 1 aliphatic rings. The van der Waals surface area contributed by atoms with Crippen LogP contribution in [0.4, 0.5) is 10.1 Å². The van der Waals surface area contributed by atoms with Gasteiger partial charge in [0.1, 0.15) is 5.82 Å². The largest absolute Gasteiger partial charge is 0.388 e. The van der Waals surface area contributed by atoms with Crippen LogP contribution in [0.3, 0.4) is 0 Å². The molecular formula is C14H21FN2O. The van der Waals surface area contributed by atoms with Gasteiger partial charge in [-0.15, -0.1) is 0 Å². The molecule has 1 aliphatic heterocycles. The Labute approximate surface area is 107 Å². The van der Waals surface area contributed by atoms with Gasteiger partial charge in [-0.3, -0.25) is 0 Å². The quantitative estimate of drug-likeness (QED) is 0.848. The number of nitrogens with zero attached hydrogens (tertiary/aromatic N) is 1. The monoisotopic (exact) mass is 252 g/mol. The molecule has 4 heteroatoms. The first-order valence-electron chi connectivity index (χ1n) is 6.41. The van der Waals surface area contributed by atoms with Gasteiger partial charge in [0, 0.05) is 19.1 Å². The molecule has 1 heterocycles. The van der Waals surface area contributed by atoms with Gasteiger partial charge in [0.05, 0.1) is 11.3 Å². The summed E-state index contributed by atoms with van der Waals surface area (Å²) in [4.78, 5) is 1.91. The van der Waals surface area contributed by atoms with Gasteiger partial charge in [-0.2, -0.15) is 0 Å². The zero-order valence-electron chi connectivity index (χ0n) is 11.0. The number of β-amino-alcohol motifs (C(OH)–C–C–N with tert-alkyl or cyclic N) is 1. The van der Waals surface area contributed by atoms with Crippen molar-refractivity contribution in [2.45, 2.75) is 38.3 Å². The SMILES string of the molecule is C[C@H](N)c1ccc(N2CCCC(C)(O)C2)c(F)c1. The van der Waals surface area contributed by atoms with Crippen molar-refractivity contribution in [2.75, 3.05) is 18.0 Å². The first-order chi connectivity index (χ1) is 8.39. The Morgan fingerprint density at radius 2 is 2.22 bits per heavy atom. The van der Waals surface area contributed by atoms with E-state index < -0.39 is 5.60 Å². The summed E-state index contributed by atoms with van der Waals surface area (Å²) in [5, 5.41) is 10.1. The van der Waals surface area contributed by atoms with Gasteiger partial charge in [-0.25, -0.2) is 4.39 Å². The molecule has 3 nitrogen and oxygen atoms in total. The van der Waals surface area contributed by atoms with E-state index in [4.69, 9.17) is 5.73 Å². The van der Waals surface area contributed by atoms with E-state index in [1.54, 1.807) is 13.0 Å². The molecule has 1 saturated heterocycles. The molecular weight excluding hydrogens is 231 g/mol. The summed E-state index contributed by atoms with van der Waals surface area (Å²) in [6.07, 6.45) is 1.64. The number of rotatable bonds is 2. The van der Waals surface area contributed by atoms with E-state index in [0.29, 0.717) is 12.2 Å². The topological polar surface area (TPSA) is 49.5 Å². The van der Waals surface area contributed by atoms with Crippen LogP contribution in [0.1, 0.15) is 38.3 Å². The van der Waals surface area contributed by atoms with Gasteiger partial charge in [0.2, 0.25) is 0 Å². The van der Waals surface area contributed by atoms with Crippen molar-refractivity contribution in [1.29, 1.82) is 0 Å².